The summed E-state index contributed by atoms with van der Waals surface area (Å²) in [7, 11) is 0. The van der Waals surface area contributed by atoms with E-state index in [1.54, 1.807) is 24.3 Å². The number of benzene rings is 2. The quantitative estimate of drug-likeness (QED) is 0.743. The Morgan fingerprint density at radius 2 is 1.73 bits per heavy atom. The van der Waals surface area contributed by atoms with Crippen LogP contribution in [0, 0.1) is 0 Å². The van der Waals surface area contributed by atoms with E-state index in [1.807, 2.05) is 6.07 Å². The molecule has 5 nitrogen and oxygen atoms in total. The summed E-state index contributed by atoms with van der Waals surface area (Å²) in [6.45, 7) is 0. The fraction of sp³-hybridized carbons (Fsp3) is 0.0714. The highest BCUT2D eigenvalue weighted by Gasteiger charge is 2.30. The van der Waals surface area contributed by atoms with E-state index >= 15 is 0 Å². The SMILES string of the molecule is FC(F)(F)c1cccc(-n2nnnc2Oc2ccccc2)c1. The van der Waals surface area contributed by atoms with Crippen molar-refractivity contribution in [3.63, 3.8) is 0 Å². The Labute approximate surface area is 123 Å². The Morgan fingerprint density at radius 1 is 0.955 bits per heavy atom. The zero-order valence-corrected chi connectivity index (χ0v) is 11.0. The minimum Gasteiger partial charge on any atom is -0.423 e. The fourth-order valence-electron chi connectivity index (χ4n) is 1.81. The molecular weight excluding hydrogens is 297 g/mol. The van der Waals surface area contributed by atoms with Crippen molar-refractivity contribution in [1.82, 2.24) is 20.2 Å². The van der Waals surface area contributed by atoms with Gasteiger partial charge in [-0.15, -0.1) is 0 Å². The molecule has 2 aromatic carbocycles. The van der Waals surface area contributed by atoms with E-state index in [-0.39, 0.29) is 11.7 Å². The summed E-state index contributed by atoms with van der Waals surface area (Å²) in [5.41, 5.74) is -0.628. The average molecular weight is 306 g/mol. The second-order valence-corrected chi connectivity index (χ2v) is 4.34. The number of para-hydroxylation sites is 1. The molecule has 0 atom stereocenters. The maximum atomic E-state index is 12.8. The summed E-state index contributed by atoms with van der Waals surface area (Å²) in [6, 6.07) is 13.3. The molecule has 0 N–H and O–H groups in total. The molecule has 0 bridgehead atoms. The highest BCUT2D eigenvalue weighted by molar-refractivity contribution is 5.38. The van der Waals surface area contributed by atoms with Gasteiger partial charge >= 0.3 is 12.2 Å². The maximum Gasteiger partial charge on any atom is 0.416 e. The minimum atomic E-state index is -4.44. The lowest BCUT2D eigenvalue weighted by Gasteiger charge is -2.09. The van der Waals surface area contributed by atoms with E-state index in [0.717, 1.165) is 16.8 Å². The molecule has 1 heterocycles. The molecule has 0 fully saturated rings. The first kappa shape index (κ1) is 14.1. The van der Waals surface area contributed by atoms with Gasteiger partial charge in [-0.1, -0.05) is 29.4 Å². The van der Waals surface area contributed by atoms with Gasteiger partial charge in [-0.25, -0.2) is 0 Å². The first-order valence-corrected chi connectivity index (χ1v) is 6.23. The molecule has 0 unspecified atom stereocenters. The van der Waals surface area contributed by atoms with Gasteiger partial charge in [-0.05, 0) is 40.8 Å². The Kier molecular flexibility index (Phi) is 3.50. The molecular formula is C14H9F3N4O. The van der Waals surface area contributed by atoms with E-state index < -0.39 is 11.7 Å². The minimum absolute atomic E-state index is 0.0227. The zero-order chi connectivity index (χ0) is 15.6. The van der Waals surface area contributed by atoms with Crippen LogP contribution >= 0.6 is 0 Å². The molecule has 0 aliphatic carbocycles. The molecule has 3 aromatic rings. The molecule has 0 saturated heterocycles. The van der Waals surface area contributed by atoms with Crippen molar-refractivity contribution in [2.24, 2.45) is 0 Å². The van der Waals surface area contributed by atoms with Crippen LogP contribution in [0.1, 0.15) is 5.56 Å². The number of aromatic nitrogens is 4. The van der Waals surface area contributed by atoms with Gasteiger partial charge in [0.15, 0.2) is 0 Å². The molecule has 0 aliphatic rings. The fourth-order valence-corrected chi connectivity index (χ4v) is 1.81. The number of hydrogen-bond donors (Lipinski definition) is 0. The number of ether oxygens (including phenoxy) is 1. The molecule has 0 saturated carbocycles. The Morgan fingerprint density at radius 3 is 2.45 bits per heavy atom. The predicted octanol–water partition coefficient (Wildman–Crippen LogP) is 3.47. The topological polar surface area (TPSA) is 52.8 Å². The summed E-state index contributed by atoms with van der Waals surface area (Å²) in [5, 5.41) is 10.8. The lowest BCUT2D eigenvalue weighted by molar-refractivity contribution is -0.137. The van der Waals surface area contributed by atoms with E-state index in [0.29, 0.717) is 5.75 Å². The van der Waals surface area contributed by atoms with Gasteiger partial charge in [0.25, 0.3) is 0 Å². The highest BCUT2D eigenvalue weighted by atomic mass is 19.4. The van der Waals surface area contributed by atoms with Crippen LogP contribution in [0.2, 0.25) is 0 Å². The van der Waals surface area contributed by atoms with Crippen LogP contribution in [0.5, 0.6) is 11.8 Å². The monoisotopic (exact) mass is 306 g/mol. The first-order chi connectivity index (χ1) is 10.5. The molecule has 1 aromatic heterocycles. The first-order valence-electron chi connectivity index (χ1n) is 6.23. The largest absolute Gasteiger partial charge is 0.423 e. The molecule has 0 radical (unpaired) electrons. The third-order valence-electron chi connectivity index (χ3n) is 2.81. The Bertz CT molecular complexity index is 771. The number of halogens is 3. The van der Waals surface area contributed by atoms with Gasteiger partial charge in [0.1, 0.15) is 5.75 Å². The number of nitrogens with zero attached hydrogens (tertiary/aromatic N) is 4. The van der Waals surface area contributed by atoms with Crippen molar-refractivity contribution in [1.29, 1.82) is 0 Å². The summed E-state index contributed by atoms with van der Waals surface area (Å²) >= 11 is 0. The third kappa shape index (κ3) is 2.90. The van der Waals surface area contributed by atoms with Crippen LogP contribution < -0.4 is 4.74 Å². The van der Waals surface area contributed by atoms with E-state index in [2.05, 4.69) is 15.5 Å². The molecule has 0 aliphatic heterocycles. The average Bonchev–Trinajstić information content (AvgIpc) is 2.96. The summed E-state index contributed by atoms with van der Waals surface area (Å²) in [5.74, 6) is 0.477. The normalized spacial score (nSPS) is 11.4. The van der Waals surface area contributed by atoms with Crippen molar-refractivity contribution in [2.75, 3.05) is 0 Å². The highest BCUT2D eigenvalue weighted by Crippen LogP contribution is 2.31. The van der Waals surface area contributed by atoms with Crippen LogP contribution in [-0.2, 0) is 6.18 Å². The van der Waals surface area contributed by atoms with Crippen LogP contribution in [0.25, 0.3) is 5.69 Å². The summed E-state index contributed by atoms with van der Waals surface area (Å²) in [6.07, 6.45) is -4.44. The van der Waals surface area contributed by atoms with Gasteiger partial charge in [0, 0.05) is 0 Å². The van der Waals surface area contributed by atoms with Gasteiger partial charge in [-0.2, -0.15) is 17.9 Å². The predicted molar refractivity (Wildman–Crippen MR) is 70.7 cm³/mol. The van der Waals surface area contributed by atoms with Crippen LogP contribution in [0.15, 0.2) is 54.6 Å². The van der Waals surface area contributed by atoms with Gasteiger partial charge in [-0.3, -0.25) is 0 Å². The second-order valence-electron chi connectivity index (χ2n) is 4.34. The number of tetrazole rings is 1. The molecule has 0 spiro atoms. The number of rotatable bonds is 3. The molecule has 8 heteroatoms. The zero-order valence-electron chi connectivity index (χ0n) is 11.0. The van der Waals surface area contributed by atoms with E-state index in [9.17, 15) is 13.2 Å². The summed E-state index contributed by atoms with van der Waals surface area (Å²) < 4.78 is 44.9. The molecule has 22 heavy (non-hydrogen) atoms. The molecule has 0 amide bonds. The standard InChI is InChI=1S/C14H9F3N4O/c15-14(16,17)10-5-4-6-11(9-10)21-13(18-19-20-21)22-12-7-2-1-3-8-12/h1-9H. The van der Waals surface area contributed by atoms with Crippen molar-refractivity contribution < 1.29 is 17.9 Å². The Balaban J connectivity index is 1.95. The molecule has 112 valence electrons. The van der Waals surface area contributed by atoms with Crippen LogP contribution in [-0.4, -0.2) is 20.2 Å². The van der Waals surface area contributed by atoms with E-state index in [4.69, 9.17) is 4.74 Å². The molecule has 3 rings (SSSR count). The third-order valence-corrected chi connectivity index (χ3v) is 2.81. The van der Waals surface area contributed by atoms with Crippen LogP contribution in [0.3, 0.4) is 0 Å². The maximum absolute atomic E-state index is 12.8. The van der Waals surface area contributed by atoms with Crippen molar-refractivity contribution >= 4 is 0 Å². The smallest absolute Gasteiger partial charge is 0.416 e. The lowest BCUT2D eigenvalue weighted by Crippen LogP contribution is -2.07. The van der Waals surface area contributed by atoms with E-state index in [1.165, 1.54) is 12.1 Å². The van der Waals surface area contributed by atoms with Gasteiger partial charge in [0.2, 0.25) is 0 Å². The Hall–Kier alpha value is -2.90. The van der Waals surface area contributed by atoms with Crippen molar-refractivity contribution in [3.8, 4) is 17.4 Å². The van der Waals surface area contributed by atoms with Crippen molar-refractivity contribution in [3.05, 3.63) is 60.2 Å². The lowest BCUT2D eigenvalue weighted by atomic mass is 10.2. The summed E-state index contributed by atoms with van der Waals surface area (Å²) in [4.78, 5) is 0. The van der Waals surface area contributed by atoms with Crippen molar-refractivity contribution in [2.45, 2.75) is 6.18 Å². The van der Waals surface area contributed by atoms with Gasteiger partial charge in [0.05, 0.1) is 11.3 Å². The van der Waals surface area contributed by atoms with Gasteiger partial charge < -0.3 is 4.74 Å². The number of hydrogen-bond acceptors (Lipinski definition) is 4. The van der Waals surface area contributed by atoms with Crippen LogP contribution in [0.4, 0.5) is 13.2 Å². The second kappa shape index (κ2) is 5.47. The number of alkyl halides is 3.